The topological polar surface area (TPSA) is 32.7 Å². The second kappa shape index (κ2) is 5.05. The summed E-state index contributed by atoms with van der Waals surface area (Å²) in [6, 6.07) is 15.0. The molecule has 1 amide bonds. The normalized spacial score (nSPS) is 21.9. The van der Waals surface area contributed by atoms with Crippen LogP contribution in [0.1, 0.15) is 40.8 Å². The van der Waals surface area contributed by atoms with Crippen molar-refractivity contribution in [2.75, 3.05) is 0 Å². The number of hydrogen-bond donors (Lipinski definition) is 0. The van der Waals surface area contributed by atoms with Crippen LogP contribution in [0.3, 0.4) is 0 Å². The summed E-state index contributed by atoms with van der Waals surface area (Å²) in [7, 11) is 0. The first kappa shape index (κ1) is 14.2. The van der Waals surface area contributed by atoms with Gasteiger partial charge in [0.05, 0.1) is 11.8 Å². The average Bonchev–Trinajstić information content (AvgIpc) is 3.04. The monoisotopic (exact) mass is 304 g/mol. The van der Waals surface area contributed by atoms with Gasteiger partial charge < -0.3 is 0 Å². The van der Waals surface area contributed by atoms with Gasteiger partial charge in [0.25, 0.3) is 0 Å². The maximum atomic E-state index is 12.1. The zero-order chi connectivity index (χ0) is 16.1. The molecule has 0 saturated heterocycles. The predicted octanol–water partition coefficient (Wildman–Crippen LogP) is 3.78. The molecule has 0 radical (unpaired) electrons. The van der Waals surface area contributed by atoms with Gasteiger partial charge in [-0.3, -0.25) is 4.79 Å². The van der Waals surface area contributed by atoms with Gasteiger partial charge in [0.1, 0.15) is 0 Å². The molecule has 2 aliphatic rings. The Labute approximate surface area is 136 Å². The number of hydrogen-bond acceptors (Lipinski definition) is 2. The Morgan fingerprint density at radius 2 is 1.78 bits per heavy atom. The van der Waals surface area contributed by atoms with Gasteiger partial charge in [-0.15, -0.1) is 0 Å². The van der Waals surface area contributed by atoms with Gasteiger partial charge in [0.15, 0.2) is 0 Å². The van der Waals surface area contributed by atoms with Crippen molar-refractivity contribution in [1.82, 2.24) is 5.01 Å². The van der Waals surface area contributed by atoms with E-state index >= 15 is 0 Å². The van der Waals surface area contributed by atoms with Crippen molar-refractivity contribution in [2.45, 2.75) is 33.2 Å². The number of hydrazone groups is 1. The van der Waals surface area contributed by atoms with E-state index in [4.69, 9.17) is 5.10 Å². The molecule has 2 aromatic rings. The minimum absolute atomic E-state index is 0.00618. The molecular weight excluding hydrogens is 284 g/mol. The van der Waals surface area contributed by atoms with E-state index in [1.165, 1.54) is 27.8 Å². The maximum Gasteiger partial charge on any atom is 0.240 e. The minimum atomic E-state index is 0.00618. The van der Waals surface area contributed by atoms with E-state index < -0.39 is 0 Å². The number of aryl methyl sites for hydroxylation is 2. The number of rotatable bonds is 1. The number of nitrogens with zero attached hydrogens (tertiary/aromatic N) is 2. The van der Waals surface area contributed by atoms with Gasteiger partial charge in [-0.2, -0.15) is 5.10 Å². The molecule has 2 atom stereocenters. The van der Waals surface area contributed by atoms with Crippen LogP contribution in [-0.4, -0.2) is 16.6 Å². The third-order valence-corrected chi connectivity index (χ3v) is 4.93. The van der Waals surface area contributed by atoms with Crippen LogP contribution in [0, 0.1) is 19.8 Å². The molecule has 3 heteroatoms. The van der Waals surface area contributed by atoms with Gasteiger partial charge in [-0.25, -0.2) is 5.01 Å². The number of amides is 1. The fraction of sp³-hybridized carbons (Fsp3) is 0.300. The number of carbonyl (C=O) groups excluding carboxylic acids is 1. The van der Waals surface area contributed by atoms with Crippen LogP contribution in [-0.2, 0) is 11.2 Å². The molecule has 3 nitrogen and oxygen atoms in total. The van der Waals surface area contributed by atoms with Crippen LogP contribution in [0.2, 0.25) is 0 Å². The van der Waals surface area contributed by atoms with Crippen molar-refractivity contribution in [3.8, 4) is 0 Å². The molecule has 1 heterocycles. The summed E-state index contributed by atoms with van der Waals surface area (Å²) in [5.41, 5.74) is 7.27. The van der Waals surface area contributed by atoms with E-state index in [1.807, 2.05) is 0 Å². The first-order valence-corrected chi connectivity index (χ1v) is 8.09. The minimum Gasteiger partial charge on any atom is -0.273 e. The summed E-state index contributed by atoms with van der Waals surface area (Å²) in [6.45, 7) is 5.78. The molecule has 0 saturated carbocycles. The highest BCUT2D eigenvalue weighted by Gasteiger charge is 2.44. The standard InChI is InChI=1S/C20H20N2O/c1-12-4-7-15(8-5-12)20-18-11-16-9-6-13(2)10-17(16)19(18)21-22(20)14(3)23/h4-10,18,20H,11H2,1-3H3/t18-,20+/m1/s1. The fourth-order valence-corrected chi connectivity index (χ4v) is 3.78. The summed E-state index contributed by atoms with van der Waals surface area (Å²) in [6.07, 6.45) is 0.955. The summed E-state index contributed by atoms with van der Waals surface area (Å²) in [5.74, 6) is 0.269. The first-order valence-electron chi connectivity index (χ1n) is 8.09. The van der Waals surface area contributed by atoms with E-state index in [1.54, 1.807) is 11.9 Å². The second-order valence-corrected chi connectivity index (χ2v) is 6.68. The van der Waals surface area contributed by atoms with Crippen molar-refractivity contribution in [2.24, 2.45) is 11.0 Å². The van der Waals surface area contributed by atoms with Crippen molar-refractivity contribution in [1.29, 1.82) is 0 Å². The molecule has 1 aliphatic carbocycles. The van der Waals surface area contributed by atoms with Crippen LogP contribution >= 0.6 is 0 Å². The molecule has 0 fully saturated rings. The van der Waals surface area contributed by atoms with Gasteiger partial charge in [0.2, 0.25) is 5.91 Å². The lowest BCUT2D eigenvalue weighted by atomic mass is 9.90. The molecule has 1 aliphatic heterocycles. The lowest BCUT2D eigenvalue weighted by Crippen LogP contribution is -2.28. The van der Waals surface area contributed by atoms with Crippen LogP contribution in [0.5, 0.6) is 0 Å². The van der Waals surface area contributed by atoms with E-state index in [0.717, 1.165) is 12.1 Å². The third kappa shape index (κ3) is 2.19. The third-order valence-electron chi connectivity index (χ3n) is 4.93. The van der Waals surface area contributed by atoms with Gasteiger partial charge in [-0.1, -0.05) is 47.5 Å². The molecule has 0 N–H and O–H groups in total. The largest absolute Gasteiger partial charge is 0.273 e. The Morgan fingerprint density at radius 3 is 2.48 bits per heavy atom. The van der Waals surface area contributed by atoms with E-state index in [0.29, 0.717) is 0 Å². The van der Waals surface area contributed by atoms with Crippen LogP contribution in [0.4, 0.5) is 0 Å². The highest BCUT2D eigenvalue weighted by Crippen LogP contribution is 2.44. The van der Waals surface area contributed by atoms with Crippen LogP contribution < -0.4 is 0 Å². The summed E-state index contributed by atoms with van der Waals surface area (Å²) in [5, 5.41) is 6.39. The first-order chi connectivity index (χ1) is 11.0. The zero-order valence-electron chi connectivity index (χ0n) is 13.7. The Bertz CT molecular complexity index is 820. The Hall–Kier alpha value is -2.42. The molecule has 0 bridgehead atoms. The highest BCUT2D eigenvalue weighted by atomic mass is 16.2. The van der Waals surface area contributed by atoms with Crippen molar-refractivity contribution < 1.29 is 4.79 Å². The van der Waals surface area contributed by atoms with Gasteiger partial charge in [-0.05, 0) is 37.5 Å². The van der Waals surface area contributed by atoms with Crippen LogP contribution in [0.15, 0.2) is 47.6 Å². The zero-order valence-corrected chi connectivity index (χ0v) is 13.7. The quantitative estimate of drug-likeness (QED) is 0.789. The molecule has 2 aromatic carbocycles. The summed E-state index contributed by atoms with van der Waals surface area (Å²) >= 11 is 0. The highest BCUT2D eigenvalue weighted by molar-refractivity contribution is 6.08. The molecular formula is C20H20N2O. The van der Waals surface area contributed by atoms with E-state index in [9.17, 15) is 4.79 Å². The van der Waals surface area contributed by atoms with Crippen molar-refractivity contribution >= 4 is 11.6 Å². The van der Waals surface area contributed by atoms with Crippen LogP contribution in [0.25, 0.3) is 0 Å². The lowest BCUT2D eigenvalue weighted by molar-refractivity contribution is -0.131. The van der Waals surface area contributed by atoms with Crippen molar-refractivity contribution in [3.63, 3.8) is 0 Å². The second-order valence-electron chi connectivity index (χ2n) is 6.68. The summed E-state index contributed by atoms with van der Waals surface area (Å²) in [4.78, 5) is 12.1. The van der Waals surface area contributed by atoms with E-state index in [-0.39, 0.29) is 17.9 Å². The lowest BCUT2D eigenvalue weighted by Gasteiger charge is -2.25. The number of carbonyl (C=O) groups is 1. The average molecular weight is 304 g/mol. The Kier molecular flexibility index (Phi) is 3.12. The summed E-state index contributed by atoms with van der Waals surface area (Å²) < 4.78 is 0. The molecule has 0 spiro atoms. The van der Waals surface area contributed by atoms with Gasteiger partial charge in [0, 0.05) is 18.4 Å². The smallest absolute Gasteiger partial charge is 0.240 e. The number of fused-ring (bicyclic) bond motifs is 3. The maximum absolute atomic E-state index is 12.1. The van der Waals surface area contributed by atoms with Gasteiger partial charge >= 0.3 is 0 Å². The van der Waals surface area contributed by atoms with Crippen molar-refractivity contribution in [3.05, 3.63) is 70.3 Å². The molecule has 23 heavy (non-hydrogen) atoms. The molecule has 116 valence electrons. The van der Waals surface area contributed by atoms with E-state index in [2.05, 4.69) is 56.3 Å². The SMILES string of the molecule is CC(=O)N1N=C2c3cc(C)ccc3C[C@H]2[C@@H]1c1ccc(C)cc1. The molecule has 0 aromatic heterocycles. The Balaban J connectivity index is 1.81. The number of benzene rings is 2. The molecule has 0 unspecified atom stereocenters. The predicted molar refractivity (Wildman–Crippen MR) is 91.4 cm³/mol. The molecule has 4 rings (SSSR count). The Morgan fingerprint density at radius 1 is 1.09 bits per heavy atom. The fourth-order valence-electron chi connectivity index (χ4n) is 3.78.